The highest BCUT2D eigenvalue weighted by molar-refractivity contribution is 6.12. The van der Waals surface area contributed by atoms with Crippen molar-refractivity contribution in [1.82, 2.24) is 9.38 Å². The Morgan fingerprint density at radius 2 is 1.64 bits per heavy atom. The predicted octanol–water partition coefficient (Wildman–Crippen LogP) is 2.60. The monoisotopic (exact) mass is 342 g/mol. The summed E-state index contributed by atoms with van der Waals surface area (Å²) >= 11 is 0. The average Bonchev–Trinajstić information content (AvgIpc) is 3.08. The van der Waals surface area contributed by atoms with E-state index in [1.54, 1.807) is 48.3 Å². The van der Waals surface area contributed by atoms with Crippen LogP contribution in [0.15, 0.2) is 36.8 Å². The van der Waals surface area contributed by atoms with E-state index in [0.29, 0.717) is 39.8 Å². The van der Waals surface area contributed by atoms with Gasteiger partial charge in [0.05, 0.1) is 40.2 Å². The van der Waals surface area contributed by atoms with Gasteiger partial charge < -0.3 is 23.3 Å². The minimum absolute atomic E-state index is 0.244. The van der Waals surface area contributed by atoms with Crippen molar-refractivity contribution in [2.24, 2.45) is 0 Å². The lowest BCUT2D eigenvalue weighted by atomic mass is 10.1. The van der Waals surface area contributed by atoms with Gasteiger partial charge in [0.1, 0.15) is 17.8 Å². The summed E-state index contributed by atoms with van der Waals surface area (Å²) in [6.45, 7) is 0. The minimum Gasteiger partial charge on any atom is -0.495 e. The molecule has 2 aromatic heterocycles. The van der Waals surface area contributed by atoms with Crippen molar-refractivity contribution in [2.75, 3.05) is 28.4 Å². The lowest BCUT2D eigenvalue weighted by Gasteiger charge is -2.13. The van der Waals surface area contributed by atoms with Crippen LogP contribution in [0.3, 0.4) is 0 Å². The number of pyridine rings is 1. The van der Waals surface area contributed by atoms with Gasteiger partial charge in [-0.15, -0.1) is 0 Å². The first-order chi connectivity index (χ1) is 12.1. The SMILES string of the molecule is COc1ccc2c(C(=O)c3cc(OC)c(OC)c(OC)c3)ncn2c1. The second-order valence-electron chi connectivity index (χ2n) is 5.20. The number of imidazole rings is 1. The Labute approximate surface area is 144 Å². The normalized spacial score (nSPS) is 10.6. The Balaban J connectivity index is 2.09. The van der Waals surface area contributed by atoms with E-state index >= 15 is 0 Å². The molecule has 0 bridgehead atoms. The molecule has 0 N–H and O–H groups in total. The van der Waals surface area contributed by atoms with Crippen molar-refractivity contribution in [3.05, 3.63) is 48.0 Å². The molecule has 130 valence electrons. The Hall–Kier alpha value is -3.22. The molecular weight excluding hydrogens is 324 g/mol. The summed E-state index contributed by atoms with van der Waals surface area (Å²) < 4.78 is 22.8. The number of nitrogens with zero attached hydrogens (tertiary/aromatic N) is 2. The maximum Gasteiger partial charge on any atom is 0.213 e. The Morgan fingerprint density at radius 3 is 2.20 bits per heavy atom. The molecule has 0 radical (unpaired) electrons. The summed E-state index contributed by atoms with van der Waals surface area (Å²) in [5, 5.41) is 0. The topological polar surface area (TPSA) is 71.3 Å². The maximum atomic E-state index is 13.0. The summed E-state index contributed by atoms with van der Waals surface area (Å²) in [5.74, 6) is 1.69. The second-order valence-corrected chi connectivity index (χ2v) is 5.20. The van der Waals surface area contributed by atoms with Crippen LogP contribution < -0.4 is 18.9 Å². The van der Waals surface area contributed by atoms with Crippen LogP contribution in [0.1, 0.15) is 16.1 Å². The van der Waals surface area contributed by atoms with Crippen LogP contribution in [0.25, 0.3) is 5.52 Å². The van der Waals surface area contributed by atoms with Gasteiger partial charge in [0.15, 0.2) is 11.5 Å². The number of hydrogen-bond donors (Lipinski definition) is 0. The minimum atomic E-state index is -0.244. The molecule has 0 aliphatic carbocycles. The first-order valence-electron chi connectivity index (χ1n) is 7.48. The first kappa shape index (κ1) is 16.6. The summed E-state index contributed by atoms with van der Waals surface area (Å²) in [7, 11) is 6.10. The highest BCUT2D eigenvalue weighted by Crippen LogP contribution is 2.38. The van der Waals surface area contributed by atoms with Crippen LogP contribution in [-0.2, 0) is 0 Å². The molecule has 7 nitrogen and oxygen atoms in total. The average molecular weight is 342 g/mol. The summed E-state index contributed by atoms with van der Waals surface area (Å²) in [5.41, 5.74) is 1.40. The van der Waals surface area contributed by atoms with E-state index in [-0.39, 0.29) is 5.78 Å². The number of rotatable bonds is 6. The van der Waals surface area contributed by atoms with E-state index in [1.165, 1.54) is 21.3 Å². The Morgan fingerprint density at radius 1 is 0.960 bits per heavy atom. The van der Waals surface area contributed by atoms with E-state index in [1.807, 2.05) is 0 Å². The third kappa shape index (κ3) is 2.84. The predicted molar refractivity (Wildman–Crippen MR) is 91.3 cm³/mol. The highest BCUT2D eigenvalue weighted by Gasteiger charge is 2.21. The van der Waals surface area contributed by atoms with Crippen LogP contribution >= 0.6 is 0 Å². The maximum absolute atomic E-state index is 13.0. The molecule has 0 saturated heterocycles. The van der Waals surface area contributed by atoms with Crippen LogP contribution in [-0.4, -0.2) is 43.6 Å². The molecule has 0 spiro atoms. The van der Waals surface area contributed by atoms with Gasteiger partial charge in [-0.1, -0.05) is 0 Å². The van der Waals surface area contributed by atoms with Gasteiger partial charge in [0.2, 0.25) is 11.5 Å². The van der Waals surface area contributed by atoms with E-state index in [4.69, 9.17) is 18.9 Å². The number of aromatic nitrogens is 2. The molecular formula is C18H18N2O5. The number of hydrogen-bond acceptors (Lipinski definition) is 6. The Bertz CT molecular complexity index is 907. The van der Waals surface area contributed by atoms with Gasteiger partial charge in [-0.2, -0.15) is 0 Å². The number of fused-ring (bicyclic) bond motifs is 1. The van der Waals surface area contributed by atoms with Crippen molar-refractivity contribution in [1.29, 1.82) is 0 Å². The molecule has 0 amide bonds. The van der Waals surface area contributed by atoms with Crippen LogP contribution in [0.4, 0.5) is 0 Å². The molecule has 7 heteroatoms. The molecule has 0 aliphatic heterocycles. The van der Waals surface area contributed by atoms with Crippen LogP contribution in [0, 0.1) is 0 Å². The quantitative estimate of drug-likeness (QED) is 0.641. The van der Waals surface area contributed by atoms with Gasteiger partial charge in [-0.25, -0.2) is 4.98 Å². The third-order valence-electron chi connectivity index (χ3n) is 3.88. The smallest absolute Gasteiger partial charge is 0.213 e. The van der Waals surface area contributed by atoms with Crippen LogP contribution in [0.2, 0.25) is 0 Å². The molecule has 25 heavy (non-hydrogen) atoms. The fourth-order valence-electron chi connectivity index (χ4n) is 2.62. The number of benzene rings is 1. The zero-order valence-corrected chi connectivity index (χ0v) is 14.4. The van der Waals surface area contributed by atoms with Crippen LogP contribution in [0.5, 0.6) is 23.0 Å². The standard InChI is InChI=1S/C18H18N2O5/c1-22-12-5-6-13-16(19-10-20(13)9-12)17(21)11-7-14(23-2)18(25-4)15(8-11)24-3/h5-10H,1-4H3. The summed E-state index contributed by atoms with van der Waals surface area (Å²) in [4.78, 5) is 17.2. The van der Waals surface area contributed by atoms with Gasteiger partial charge in [-0.3, -0.25) is 4.79 Å². The zero-order valence-electron chi connectivity index (χ0n) is 14.4. The lowest BCUT2D eigenvalue weighted by molar-refractivity contribution is 0.103. The zero-order chi connectivity index (χ0) is 18.0. The second kappa shape index (κ2) is 6.72. The molecule has 0 atom stereocenters. The van der Waals surface area contributed by atoms with Gasteiger partial charge >= 0.3 is 0 Å². The molecule has 3 rings (SSSR count). The number of ketones is 1. The van der Waals surface area contributed by atoms with E-state index < -0.39 is 0 Å². The van der Waals surface area contributed by atoms with Crippen molar-refractivity contribution >= 4 is 11.3 Å². The molecule has 0 unspecified atom stereocenters. The lowest BCUT2D eigenvalue weighted by Crippen LogP contribution is -2.05. The molecule has 2 heterocycles. The van der Waals surface area contributed by atoms with E-state index in [2.05, 4.69) is 4.98 Å². The fourth-order valence-corrected chi connectivity index (χ4v) is 2.62. The fraction of sp³-hybridized carbons (Fsp3) is 0.222. The highest BCUT2D eigenvalue weighted by atomic mass is 16.5. The molecule has 0 fully saturated rings. The van der Waals surface area contributed by atoms with E-state index in [9.17, 15) is 4.79 Å². The number of carbonyl (C=O) groups is 1. The molecule has 0 aliphatic rings. The molecule has 3 aromatic rings. The van der Waals surface area contributed by atoms with E-state index in [0.717, 1.165) is 0 Å². The van der Waals surface area contributed by atoms with Crippen molar-refractivity contribution in [3.63, 3.8) is 0 Å². The van der Waals surface area contributed by atoms with Gasteiger partial charge in [0, 0.05) is 5.56 Å². The molecule has 0 saturated carbocycles. The number of carbonyl (C=O) groups excluding carboxylic acids is 1. The summed E-state index contributed by atoms with van der Waals surface area (Å²) in [6, 6.07) is 6.79. The third-order valence-corrected chi connectivity index (χ3v) is 3.88. The summed E-state index contributed by atoms with van der Waals surface area (Å²) in [6.07, 6.45) is 3.33. The van der Waals surface area contributed by atoms with Crippen molar-refractivity contribution < 1.29 is 23.7 Å². The molecule has 1 aromatic carbocycles. The van der Waals surface area contributed by atoms with Gasteiger partial charge in [0.25, 0.3) is 0 Å². The van der Waals surface area contributed by atoms with Gasteiger partial charge in [-0.05, 0) is 24.3 Å². The van der Waals surface area contributed by atoms with Crippen molar-refractivity contribution in [2.45, 2.75) is 0 Å². The first-order valence-corrected chi connectivity index (χ1v) is 7.48. The Kier molecular flexibility index (Phi) is 4.47. The number of ether oxygens (including phenoxy) is 4. The van der Waals surface area contributed by atoms with Crippen molar-refractivity contribution in [3.8, 4) is 23.0 Å². The number of methoxy groups -OCH3 is 4. The largest absolute Gasteiger partial charge is 0.495 e.